The van der Waals surface area contributed by atoms with Gasteiger partial charge in [0, 0.05) is 24.0 Å². The van der Waals surface area contributed by atoms with Crippen LogP contribution in [0.5, 0.6) is 0 Å². The highest BCUT2D eigenvalue weighted by Crippen LogP contribution is 2.43. The first kappa shape index (κ1) is 19.1. The van der Waals surface area contributed by atoms with Crippen molar-refractivity contribution >= 4 is 0 Å². The topological polar surface area (TPSA) is 25.8 Å². The molecule has 1 heterocycles. The van der Waals surface area contributed by atoms with E-state index in [-0.39, 0.29) is 11.0 Å². The van der Waals surface area contributed by atoms with Crippen molar-refractivity contribution < 1.29 is 10.1 Å². The predicted molar refractivity (Wildman–Crippen MR) is 108 cm³/mol. The maximum Gasteiger partial charge on any atom is 0.109 e. The molecule has 0 aromatic heterocycles. The van der Waals surface area contributed by atoms with Gasteiger partial charge in [0.2, 0.25) is 0 Å². The molecule has 0 spiro atoms. The van der Waals surface area contributed by atoms with E-state index in [9.17, 15) is 0 Å². The van der Waals surface area contributed by atoms with Gasteiger partial charge in [0.1, 0.15) is 6.04 Å². The molecule has 1 aliphatic rings. The summed E-state index contributed by atoms with van der Waals surface area (Å²) in [6.45, 7) is 11.0. The fourth-order valence-corrected chi connectivity index (χ4v) is 4.49. The Morgan fingerprint density at radius 1 is 1.04 bits per heavy atom. The van der Waals surface area contributed by atoms with Crippen LogP contribution < -0.4 is 5.32 Å². The molecular weight excluding hydrogens is 318 g/mol. The van der Waals surface area contributed by atoms with E-state index < -0.39 is 0 Å². The summed E-state index contributed by atoms with van der Waals surface area (Å²) in [7, 11) is 0. The molecule has 1 saturated heterocycles. The Kier molecular flexibility index (Phi) is 5.84. The van der Waals surface area contributed by atoms with Crippen molar-refractivity contribution in [2.75, 3.05) is 13.2 Å². The van der Waals surface area contributed by atoms with Crippen LogP contribution in [0, 0.1) is 6.92 Å². The van der Waals surface area contributed by atoms with Gasteiger partial charge in [0.05, 0.1) is 12.1 Å². The van der Waals surface area contributed by atoms with Gasteiger partial charge in [-0.1, -0.05) is 60.2 Å². The van der Waals surface area contributed by atoms with Crippen LogP contribution in [-0.2, 0) is 10.2 Å². The van der Waals surface area contributed by atoms with E-state index in [1.807, 2.05) is 0 Å². The average molecular weight is 353 g/mol. The quantitative estimate of drug-likeness (QED) is 0.812. The molecule has 0 unspecified atom stereocenters. The van der Waals surface area contributed by atoms with Gasteiger partial charge < -0.3 is 10.1 Å². The Bertz CT molecular complexity index is 692. The predicted octanol–water partition coefficient (Wildman–Crippen LogP) is 4.54. The number of ether oxygens (including phenoxy) is 1. The molecule has 2 nitrogen and oxygen atoms in total. The number of rotatable bonds is 6. The molecule has 0 saturated carbocycles. The molecular formula is C24H34NO+. The lowest BCUT2D eigenvalue weighted by Gasteiger charge is -2.45. The van der Waals surface area contributed by atoms with Crippen LogP contribution in [0.3, 0.4) is 0 Å². The summed E-state index contributed by atoms with van der Waals surface area (Å²) in [5, 5.41) is 2.49. The lowest BCUT2D eigenvalue weighted by Crippen LogP contribution is -2.85. The minimum atomic E-state index is -0.0474. The van der Waals surface area contributed by atoms with Crippen molar-refractivity contribution in [3.8, 4) is 0 Å². The van der Waals surface area contributed by atoms with E-state index in [4.69, 9.17) is 4.74 Å². The molecule has 2 N–H and O–H groups in total. The first-order valence-corrected chi connectivity index (χ1v) is 10.00. The largest absolute Gasteiger partial charge is 0.376 e. The Morgan fingerprint density at radius 2 is 1.73 bits per heavy atom. The molecule has 0 bridgehead atoms. The van der Waals surface area contributed by atoms with Crippen molar-refractivity contribution in [1.82, 2.24) is 0 Å². The highest BCUT2D eigenvalue weighted by atomic mass is 16.5. The average Bonchev–Trinajstić information content (AvgIpc) is 2.62. The van der Waals surface area contributed by atoms with Gasteiger partial charge in [-0.25, -0.2) is 0 Å². The maximum atomic E-state index is 6.05. The number of hydrogen-bond acceptors (Lipinski definition) is 1. The van der Waals surface area contributed by atoms with Gasteiger partial charge >= 0.3 is 0 Å². The van der Waals surface area contributed by atoms with E-state index in [1.54, 1.807) is 0 Å². The second kappa shape index (κ2) is 7.94. The zero-order chi connectivity index (χ0) is 18.6. The second-order valence-corrected chi connectivity index (χ2v) is 8.66. The molecule has 3 rings (SSSR count). The third-order valence-corrected chi connectivity index (χ3v) is 5.97. The Hall–Kier alpha value is -1.64. The SMILES string of the molecule is Cc1ccc([C@@]2(CC[NH2+][C@H](C)c3ccccc3)CCOC(C)(C)C2)cc1. The molecule has 0 aliphatic carbocycles. The van der Waals surface area contributed by atoms with Crippen LogP contribution in [0.2, 0.25) is 0 Å². The monoisotopic (exact) mass is 352 g/mol. The summed E-state index contributed by atoms with van der Waals surface area (Å²) in [5.41, 5.74) is 4.40. The molecule has 26 heavy (non-hydrogen) atoms. The van der Waals surface area contributed by atoms with Gasteiger partial charge in [0.15, 0.2) is 0 Å². The van der Waals surface area contributed by atoms with Crippen molar-refractivity contribution in [2.24, 2.45) is 0 Å². The number of quaternary nitrogens is 1. The standard InChI is InChI=1S/C24H33NO/c1-19-10-12-22(13-11-19)24(15-17-26-23(3,4)18-24)14-16-25-20(2)21-8-6-5-7-9-21/h5-13,20,25H,14-18H2,1-4H3/p+1/t20-,24+/m1/s1. The van der Waals surface area contributed by atoms with Crippen molar-refractivity contribution in [1.29, 1.82) is 0 Å². The fraction of sp³-hybridized carbons (Fsp3) is 0.500. The van der Waals surface area contributed by atoms with Crippen LogP contribution >= 0.6 is 0 Å². The normalized spacial score (nSPS) is 23.5. The zero-order valence-corrected chi connectivity index (χ0v) is 16.8. The first-order chi connectivity index (χ1) is 12.4. The van der Waals surface area contributed by atoms with Crippen molar-refractivity contribution in [3.05, 3.63) is 71.3 Å². The highest BCUT2D eigenvalue weighted by molar-refractivity contribution is 5.30. The van der Waals surface area contributed by atoms with Crippen LogP contribution in [0.15, 0.2) is 54.6 Å². The highest BCUT2D eigenvalue weighted by Gasteiger charge is 2.42. The number of nitrogens with two attached hydrogens (primary N) is 1. The number of aryl methyl sites for hydroxylation is 1. The molecule has 2 atom stereocenters. The van der Waals surface area contributed by atoms with Crippen LogP contribution in [0.25, 0.3) is 0 Å². The van der Waals surface area contributed by atoms with E-state index in [0.29, 0.717) is 6.04 Å². The molecule has 1 aliphatic heterocycles. The second-order valence-electron chi connectivity index (χ2n) is 8.66. The Balaban J connectivity index is 1.73. The van der Waals surface area contributed by atoms with Crippen molar-refractivity contribution in [3.63, 3.8) is 0 Å². The van der Waals surface area contributed by atoms with Crippen LogP contribution in [-0.4, -0.2) is 18.8 Å². The molecule has 1 fully saturated rings. The summed E-state index contributed by atoms with van der Waals surface area (Å²) < 4.78 is 6.05. The van der Waals surface area contributed by atoms with Gasteiger partial charge in [0.25, 0.3) is 0 Å². The fourth-order valence-electron chi connectivity index (χ4n) is 4.49. The summed E-state index contributed by atoms with van der Waals surface area (Å²) in [5.74, 6) is 0. The van der Waals surface area contributed by atoms with E-state index in [0.717, 1.165) is 26.0 Å². The van der Waals surface area contributed by atoms with E-state index >= 15 is 0 Å². The molecule has 2 aromatic carbocycles. The minimum absolute atomic E-state index is 0.0474. The third-order valence-electron chi connectivity index (χ3n) is 5.97. The number of benzene rings is 2. The lowest BCUT2D eigenvalue weighted by molar-refractivity contribution is -0.693. The molecule has 140 valence electrons. The van der Waals surface area contributed by atoms with Gasteiger partial charge in [-0.2, -0.15) is 0 Å². The maximum absolute atomic E-state index is 6.05. The minimum Gasteiger partial charge on any atom is -0.376 e. The Labute approximate surface area is 159 Å². The van der Waals surface area contributed by atoms with Gasteiger partial charge in [-0.15, -0.1) is 0 Å². The molecule has 2 aromatic rings. The van der Waals surface area contributed by atoms with Gasteiger partial charge in [-0.05, 0) is 46.1 Å². The zero-order valence-electron chi connectivity index (χ0n) is 16.8. The van der Waals surface area contributed by atoms with E-state index in [1.165, 1.54) is 23.1 Å². The van der Waals surface area contributed by atoms with Crippen LogP contribution in [0.4, 0.5) is 0 Å². The Morgan fingerprint density at radius 3 is 2.38 bits per heavy atom. The summed E-state index contributed by atoms with van der Waals surface area (Å²) in [4.78, 5) is 0. The lowest BCUT2D eigenvalue weighted by atomic mass is 9.67. The number of hydrogen-bond donors (Lipinski definition) is 1. The van der Waals surface area contributed by atoms with Crippen LogP contribution in [0.1, 0.15) is 62.8 Å². The summed E-state index contributed by atoms with van der Waals surface area (Å²) in [6.07, 6.45) is 3.41. The smallest absolute Gasteiger partial charge is 0.109 e. The summed E-state index contributed by atoms with van der Waals surface area (Å²) in [6, 6.07) is 20.5. The summed E-state index contributed by atoms with van der Waals surface area (Å²) >= 11 is 0. The molecule has 0 radical (unpaired) electrons. The third kappa shape index (κ3) is 4.55. The first-order valence-electron chi connectivity index (χ1n) is 10.00. The molecule has 2 heteroatoms. The van der Waals surface area contributed by atoms with E-state index in [2.05, 4.69) is 87.6 Å². The molecule has 0 amide bonds. The van der Waals surface area contributed by atoms with Crippen molar-refractivity contribution in [2.45, 2.75) is 64.0 Å². The van der Waals surface area contributed by atoms with Gasteiger partial charge in [-0.3, -0.25) is 0 Å².